The lowest BCUT2D eigenvalue weighted by molar-refractivity contribution is 0.345. The molecule has 1 saturated carbocycles. The van der Waals surface area contributed by atoms with Gasteiger partial charge in [-0.05, 0) is 30.9 Å². The summed E-state index contributed by atoms with van der Waals surface area (Å²) in [6, 6.07) is 2.35. The lowest BCUT2D eigenvalue weighted by atomic mass is 9.95. The van der Waals surface area contributed by atoms with Crippen LogP contribution >= 0.6 is 11.3 Å². The van der Waals surface area contributed by atoms with Crippen LogP contribution in [0.25, 0.3) is 20.4 Å². The predicted octanol–water partition coefficient (Wildman–Crippen LogP) is 4.07. The van der Waals surface area contributed by atoms with Crippen LogP contribution in [0.1, 0.15) is 50.6 Å². The Balaban J connectivity index is 1.96. The average Bonchev–Trinajstić information content (AvgIpc) is 2.96. The smallest absolute Gasteiger partial charge is 0.271 e. The number of pyridine rings is 1. The first kappa shape index (κ1) is 13.9. The molecule has 3 aromatic heterocycles. The molecule has 0 radical (unpaired) electrons. The lowest BCUT2D eigenvalue weighted by Gasteiger charge is -2.23. The molecule has 0 bridgehead atoms. The summed E-state index contributed by atoms with van der Waals surface area (Å²) in [5, 5.41) is 1.07. The van der Waals surface area contributed by atoms with Gasteiger partial charge in [0.05, 0.1) is 11.8 Å². The summed E-state index contributed by atoms with van der Waals surface area (Å²) in [5.74, 6) is 0. The highest BCUT2D eigenvalue weighted by Gasteiger charge is 2.20. The second-order valence-corrected chi connectivity index (χ2v) is 7.03. The molecule has 5 heteroatoms. The fourth-order valence-electron chi connectivity index (χ4n) is 3.54. The third-order valence-electron chi connectivity index (χ3n) is 4.74. The number of aryl methyl sites for hydroxylation is 1. The van der Waals surface area contributed by atoms with Crippen LogP contribution in [0.15, 0.2) is 23.4 Å². The van der Waals surface area contributed by atoms with Crippen LogP contribution in [-0.2, 0) is 6.42 Å². The largest absolute Gasteiger partial charge is 0.295 e. The second-order valence-electron chi connectivity index (χ2n) is 6.03. The minimum atomic E-state index is 0.113. The number of fused-ring (bicyclic) bond motifs is 3. The molecule has 0 spiro atoms. The molecule has 0 amide bonds. The highest BCUT2D eigenvalue weighted by molar-refractivity contribution is 7.25. The van der Waals surface area contributed by atoms with E-state index in [-0.39, 0.29) is 5.56 Å². The third-order valence-corrected chi connectivity index (χ3v) is 5.82. The average molecular weight is 313 g/mol. The summed E-state index contributed by atoms with van der Waals surface area (Å²) < 4.78 is 2.62. The van der Waals surface area contributed by atoms with E-state index in [1.807, 2.05) is 16.8 Å². The maximum absolute atomic E-state index is 12.9. The number of hydrogen-bond acceptors (Lipinski definition) is 4. The van der Waals surface area contributed by atoms with Crippen LogP contribution in [0.3, 0.4) is 0 Å². The van der Waals surface area contributed by atoms with Gasteiger partial charge in [-0.2, -0.15) is 0 Å². The zero-order valence-corrected chi connectivity index (χ0v) is 13.5. The molecule has 1 fully saturated rings. The van der Waals surface area contributed by atoms with Gasteiger partial charge in [-0.25, -0.2) is 9.97 Å². The van der Waals surface area contributed by atoms with Crippen molar-refractivity contribution in [2.75, 3.05) is 0 Å². The van der Waals surface area contributed by atoms with E-state index < -0.39 is 0 Å². The molecule has 3 heterocycles. The van der Waals surface area contributed by atoms with Gasteiger partial charge in [0.15, 0.2) is 0 Å². The molecule has 4 rings (SSSR count). The summed E-state index contributed by atoms with van der Waals surface area (Å²) in [6.45, 7) is 2.13. The van der Waals surface area contributed by atoms with Crippen molar-refractivity contribution in [2.24, 2.45) is 0 Å². The fraction of sp³-hybridized carbons (Fsp3) is 0.471. The van der Waals surface area contributed by atoms with Gasteiger partial charge in [-0.15, -0.1) is 11.3 Å². The van der Waals surface area contributed by atoms with E-state index in [4.69, 9.17) is 0 Å². The first-order chi connectivity index (χ1) is 10.8. The molecule has 22 heavy (non-hydrogen) atoms. The van der Waals surface area contributed by atoms with Crippen LogP contribution in [-0.4, -0.2) is 14.5 Å². The van der Waals surface area contributed by atoms with Gasteiger partial charge in [0, 0.05) is 17.6 Å². The van der Waals surface area contributed by atoms with Crippen LogP contribution in [0.2, 0.25) is 0 Å². The van der Waals surface area contributed by atoms with Crippen molar-refractivity contribution in [2.45, 2.75) is 51.5 Å². The van der Waals surface area contributed by atoms with Crippen molar-refractivity contribution in [3.05, 3.63) is 34.5 Å². The molecule has 0 N–H and O–H groups in total. The molecule has 0 saturated heterocycles. The maximum Gasteiger partial charge on any atom is 0.271 e. The van der Waals surface area contributed by atoms with E-state index in [1.54, 1.807) is 6.33 Å². The molecule has 0 unspecified atom stereocenters. The SMILES string of the molecule is CCc1ccnc2sc3c(=O)n(C4CCCCC4)cnc3c12. The van der Waals surface area contributed by atoms with E-state index >= 15 is 0 Å². The summed E-state index contributed by atoms with van der Waals surface area (Å²) in [6.07, 6.45) is 10.4. The third kappa shape index (κ3) is 2.07. The summed E-state index contributed by atoms with van der Waals surface area (Å²) in [4.78, 5) is 22.9. The highest BCUT2D eigenvalue weighted by Crippen LogP contribution is 2.33. The first-order valence-corrected chi connectivity index (χ1v) is 8.88. The van der Waals surface area contributed by atoms with Crippen LogP contribution < -0.4 is 5.56 Å². The fourth-order valence-corrected chi connectivity index (χ4v) is 4.62. The lowest BCUT2D eigenvalue weighted by Crippen LogP contribution is -2.26. The summed E-state index contributed by atoms with van der Waals surface area (Å²) >= 11 is 1.49. The molecule has 114 valence electrons. The van der Waals surface area contributed by atoms with E-state index in [0.717, 1.165) is 39.7 Å². The molecule has 1 aliphatic carbocycles. The topological polar surface area (TPSA) is 47.8 Å². The van der Waals surface area contributed by atoms with E-state index in [1.165, 1.54) is 36.2 Å². The Morgan fingerprint density at radius 1 is 1.27 bits per heavy atom. The van der Waals surface area contributed by atoms with Gasteiger partial charge in [-0.1, -0.05) is 26.2 Å². The maximum atomic E-state index is 12.9. The Morgan fingerprint density at radius 3 is 2.86 bits per heavy atom. The zero-order chi connectivity index (χ0) is 15.1. The van der Waals surface area contributed by atoms with E-state index in [9.17, 15) is 4.79 Å². The van der Waals surface area contributed by atoms with Crippen molar-refractivity contribution in [1.82, 2.24) is 14.5 Å². The van der Waals surface area contributed by atoms with Gasteiger partial charge in [0.1, 0.15) is 9.53 Å². The summed E-state index contributed by atoms with van der Waals surface area (Å²) in [5.41, 5.74) is 2.17. The number of rotatable bonds is 2. The first-order valence-electron chi connectivity index (χ1n) is 8.07. The molecular formula is C17H19N3OS. The number of aromatic nitrogens is 3. The van der Waals surface area contributed by atoms with E-state index in [0.29, 0.717) is 6.04 Å². The van der Waals surface area contributed by atoms with Crippen LogP contribution in [0.5, 0.6) is 0 Å². The summed E-state index contributed by atoms with van der Waals surface area (Å²) in [7, 11) is 0. The van der Waals surface area contributed by atoms with E-state index in [2.05, 4.69) is 16.9 Å². The molecular weight excluding hydrogens is 294 g/mol. The number of hydrogen-bond donors (Lipinski definition) is 0. The number of nitrogens with zero attached hydrogens (tertiary/aromatic N) is 3. The van der Waals surface area contributed by atoms with Crippen molar-refractivity contribution >= 4 is 31.8 Å². The zero-order valence-electron chi connectivity index (χ0n) is 12.7. The van der Waals surface area contributed by atoms with Crippen molar-refractivity contribution in [3.8, 4) is 0 Å². The normalized spacial score (nSPS) is 16.6. The second kappa shape index (κ2) is 5.47. The van der Waals surface area contributed by atoms with Crippen LogP contribution in [0, 0.1) is 0 Å². The Morgan fingerprint density at radius 2 is 2.09 bits per heavy atom. The predicted molar refractivity (Wildman–Crippen MR) is 90.7 cm³/mol. The van der Waals surface area contributed by atoms with Gasteiger partial charge in [0.25, 0.3) is 5.56 Å². The van der Waals surface area contributed by atoms with Gasteiger partial charge in [0.2, 0.25) is 0 Å². The quantitative estimate of drug-likeness (QED) is 0.716. The minimum absolute atomic E-state index is 0.113. The Bertz CT molecular complexity index is 890. The van der Waals surface area contributed by atoms with Gasteiger partial charge in [-0.3, -0.25) is 9.36 Å². The Hall–Kier alpha value is -1.75. The van der Waals surface area contributed by atoms with Gasteiger partial charge >= 0.3 is 0 Å². The minimum Gasteiger partial charge on any atom is -0.295 e. The van der Waals surface area contributed by atoms with Gasteiger partial charge < -0.3 is 0 Å². The van der Waals surface area contributed by atoms with Crippen molar-refractivity contribution in [1.29, 1.82) is 0 Å². The standard InChI is InChI=1S/C17H19N3OS/c1-2-11-8-9-18-16-13(11)14-15(22-16)17(21)20(10-19-14)12-6-4-3-5-7-12/h8-10,12H,2-7H2,1H3. The number of thiophene rings is 1. The monoisotopic (exact) mass is 313 g/mol. The molecule has 0 aromatic carbocycles. The van der Waals surface area contributed by atoms with Crippen LogP contribution in [0.4, 0.5) is 0 Å². The molecule has 0 atom stereocenters. The molecule has 3 aromatic rings. The molecule has 4 nitrogen and oxygen atoms in total. The Labute approximate surface area is 132 Å². The van der Waals surface area contributed by atoms with Crippen molar-refractivity contribution in [3.63, 3.8) is 0 Å². The molecule has 0 aliphatic heterocycles. The Kier molecular flexibility index (Phi) is 3.45. The molecule has 1 aliphatic rings. The highest BCUT2D eigenvalue weighted by atomic mass is 32.1. The van der Waals surface area contributed by atoms with Crippen molar-refractivity contribution < 1.29 is 0 Å².